The molecule has 0 aliphatic carbocycles. The first-order valence-corrected chi connectivity index (χ1v) is 7.93. The standard InChI is InChI=1S/C16H22N2OS/c1-3-16(4-2)11-12(9-10-19-16)18-14-8-6-5-7-13(14)17-15(18)20/h5-8,12H,3-4,9-11H2,1-2H3,(H,17,20). The molecule has 1 atom stereocenters. The van der Waals surface area contributed by atoms with Gasteiger partial charge in [-0.3, -0.25) is 0 Å². The quantitative estimate of drug-likeness (QED) is 0.837. The summed E-state index contributed by atoms with van der Waals surface area (Å²) in [5, 5.41) is 0. The summed E-state index contributed by atoms with van der Waals surface area (Å²) in [6.07, 6.45) is 4.22. The molecular weight excluding hydrogens is 268 g/mol. The van der Waals surface area contributed by atoms with E-state index in [0.717, 1.165) is 42.6 Å². The SMILES string of the molecule is CCC1(CC)CC(n2c(=S)[nH]c3ccccc32)CCO1. The molecule has 1 aromatic carbocycles. The van der Waals surface area contributed by atoms with Gasteiger partial charge in [-0.2, -0.15) is 0 Å². The largest absolute Gasteiger partial charge is 0.375 e. The van der Waals surface area contributed by atoms with E-state index in [2.05, 4.69) is 41.6 Å². The van der Waals surface area contributed by atoms with Crippen LogP contribution in [0.4, 0.5) is 0 Å². The van der Waals surface area contributed by atoms with Gasteiger partial charge in [0, 0.05) is 12.6 Å². The summed E-state index contributed by atoms with van der Waals surface area (Å²) in [5.74, 6) is 0. The number of nitrogens with one attached hydrogen (secondary N) is 1. The number of benzene rings is 1. The van der Waals surface area contributed by atoms with Gasteiger partial charge < -0.3 is 14.3 Å². The molecule has 1 unspecified atom stereocenters. The van der Waals surface area contributed by atoms with Gasteiger partial charge in [-0.15, -0.1) is 0 Å². The molecule has 20 heavy (non-hydrogen) atoms. The number of aromatic amines is 1. The molecule has 3 nitrogen and oxygen atoms in total. The Morgan fingerprint density at radius 3 is 2.85 bits per heavy atom. The monoisotopic (exact) mass is 290 g/mol. The summed E-state index contributed by atoms with van der Waals surface area (Å²) in [7, 11) is 0. The van der Waals surface area contributed by atoms with E-state index in [1.54, 1.807) is 0 Å². The maximum atomic E-state index is 6.09. The van der Waals surface area contributed by atoms with Gasteiger partial charge in [-0.1, -0.05) is 26.0 Å². The zero-order chi connectivity index (χ0) is 14.2. The van der Waals surface area contributed by atoms with Crippen LogP contribution in [0.15, 0.2) is 24.3 Å². The van der Waals surface area contributed by atoms with E-state index < -0.39 is 0 Å². The van der Waals surface area contributed by atoms with Crippen LogP contribution >= 0.6 is 12.2 Å². The van der Waals surface area contributed by atoms with Gasteiger partial charge >= 0.3 is 0 Å². The number of H-pyrrole nitrogens is 1. The molecule has 1 aromatic heterocycles. The number of para-hydroxylation sites is 2. The second-order valence-corrected chi connectivity index (χ2v) is 6.09. The lowest BCUT2D eigenvalue weighted by molar-refractivity contribution is -0.0983. The maximum absolute atomic E-state index is 6.09. The highest BCUT2D eigenvalue weighted by atomic mass is 32.1. The fourth-order valence-corrected chi connectivity index (χ4v) is 3.76. The lowest BCUT2D eigenvalue weighted by Crippen LogP contribution is -2.39. The highest BCUT2D eigenvalue weighted by Gasteiger charge is 2.35. The Morgan fingerprint density at radius 1 is 1.35 bits per heavy atom. The van der Waals surface area contributed by atoms with Gasteiger partial charge in [0.2, 0.25) is 0 Å². The number of ether oxygens (including phenoxy) is 1. The molecule has 4 heteroatoms. The van der Waals surface area contributed by atoms with Crippen molar-refractivity contribution < 1.29 is 4.74 Å². The van der Waals surface area contributed by atoms with Crippen LogP contribution in [-0.4, -0.2) is 21.8 Å². The number of fused-ring (bicyclic) bond motifs is 1. The van der Waals surface area contributed by atoms with Gasteiger partial charge in [-0.05, 0) is 50.0 Å². The van der Waals surface area contributed by atoms with Crippen LogP contribution in [0.2, 0.25) is 0 Å². The molecule has 1 N–H and O–H groups in total. The van der Waals surface area contributed by atoms with Crippen molar-refractivity contribution in [1.29, 1.82) is 0 Å². The Kier molecular flexibility index (Phi) is 3.69. The topological polar surface area (TPSA) is 29.9 Å². The van der Waals surface area contributed by atoms with E-state index in [-0.39, 0.29) is 5.60 Å². The number of hydrogen-bond donors (Lipinski definition) is 1. The molecule has 0 amide bonds. The van der Waals surface area contributed by atoms with Gasteiger partial charge in [0.15, 0.2) is 4.77 Å². The molecule has 108 valence electrons. The number of nitrogens with zero attached hydrogens (tertiary/aromatic N) is 1. The van der Waals surface area contributed by atoms with Crippen molar-refractivity contribution in [2.75, 3.05) is 6.61 Å². The van der Waals surface area contributed by atoms with E-state index in [0.29, 0.717) is 6.04 Å². The Bertz CT molecular complexity index is 654. The Hall–Kier alpha value is -1.13. The smallest absolute Gasteiger partial charge is 0.178 e. The van der Waals surface area contributed by atoms with Gasteiger partial charge in [0.05, 0.1) is 16.6 Å². The van der Waals surface area contributed by atoms with Gasteiger partial charge in [0.25, 0.3) is 0 Å². The van der Waals surface area contributed by atoms with E-state index in [1.165, 1.54) is 5.52 Å². The summed E-state index contributed by atoms with van der Waals surface area (Å²) in [6, 6.07) is 8.80. The number of imidazole rings is 1. The van der Waals surface area contributed by atoms with Gasteiger partial charge in [-0.25, -0.2) is 0 Å². The third-order valence-corrected chi connectivity index (χ3v) is 5.04. The first-order valence-electron chi connectivity index (χ1n) is 7.52. The van der Waals surface area contributed by atoms with E-state index in [1.807, 2.05) is 6.07 Å². The summed E-state index contributed by atoms with van der Waals surface area (Å²) >= 11 is 5.55. The Balaban J connectivity index is 2.03. The molecule has 1 aliphatic heterocycles. The third-order valence-electron chi connectivity index (χ3n) is 4.74. The average Bonchev–Trinajstić information content (AvgIpc) is 2.83. The van der Waals surface area contributed by atoms with Crippen molar-refractivity contribution in [3.8, 4) is 0 Å². The molecule has 1 aliphatic rings. The second kappa shape index (κ2) is 5.34. The van der Waals surface area contributed by atoms with Crippen LogP contribution in [0.3, 0.4) is 0 Å². The second-order valence-electron chi connectivity index (χ2n) is 5.70. The van der Waals surface area contributed by atoms with E-state index in [9.17, 15) is 0 Å². The molecule has 0 radical (unpaired) electrons. The molecular formula is C16H22N2OS. The molecule has 1 saturated heterocycles. The zero-order valence-electron chi connectivity index (χ0n) is 12.2. The van der Waals surface area contributed by atoms with Crippen LogP contribution in [0.5, 0.6) is 0 Å². The van der Waals surface area contributed by atoms with Gasteiger partial charge in [0.1, 0.15) is 0 Å². The lowest BCUT2D eigenvalue weighted by atomic mass is 9.86. The molecule has 1 fully saturated rings. The minimum Gasteiger partial charge on any atom is -0.375 e. The summed E-state index contributed by atoms with van der Waals surface area (Å²) in [5.41, 5.74) is 2.36. The van der Waals surface area contributed by atoms with Crippen molar-refractivity contribution in [1.82, 2.24) is 9.55 Å². The normalized spacial score (nSPS) is 22.2. The lowest BCUT2D eigenvalue weighted by Gasteiger charge is -2.40. The average molecular weight is 290 g/mol. The van der Waals surface area contributed by atoms with E-state index in [4.69, 9.17) is 17.0 Å². The molecule has 0 bridgehead atoms. The van der Waals surface area contributed by atoms with Crippen LogP contribution < -0.4 is 0 Å². The van der Waals surface area contributed by atoms with Crippen molar-refractivity contribution in [2.24, 2.45) is 0 Å². The maximum Gasteiger partial charge on any atom is 0.178 e. The number of hydrogen-bond acceptors (Lipinski definition) is 2. The highest BCUT2D eigenvalue weighted by Crippen LogP contribution is 2.38. The summed E-state index contributed by atoms with van der Waals surface area (Å²) in [4.78, 5) is 3.32. The van der Waals surface area contributed by atoms with Crippen LogP contribution in [0, 0.1) is 4.77 Å². The van der Waals surface area contributed by atoms with Crippen molar-refractivity contribution >= 4 is 23.3 Å². The predicted octanol–water partition coefficient (Wildman–Crippen LogP) is 4.61. The molecule has 2 heterocycles. The fourth-order valence-electron chi connectivity index (χ4n) is 3.40. The van der Waals surface area contributed by atoms with Crippen LogP contribution in [-0.2, 0) is 4.74 Å². The number of rotatable bonds is 3. The van der Waals surface area contributed by atoms with Crippen molar-refractivity contribution in [2.45, 2.75) is 51.2 Å². The first-order chi connectivity index (χ1) is 9.69. The predicted molar refractivity (Wildman–Crippen MR) is 84.7 cm³/mol. The molecule has 2 aromatic rings. The summed E-state index contributed by atoms with van der Waals surface area (Å²) < 4.78 is 9.22. The zero-order valence-corrected chi connectivity index (χ0v) is 13.0. The fraction of sp³-hybridized carbons (Fsp3) is 0.562. The third kappa shape index (κ3) is 2.21. The van der Waals surface area contributed by atoms with Crippen molar-refractivity contribution in [3.05, 3.63) is 29.0 Å². The molecule has 3 rings (SSSR count). The van der Waals surface area contributed by atoms with Crippen LogP contribution in [0.25, 0.3) is 11.0 Å². The number of aromatic nitrogens is 2. The first kappa shape index (κ1) is 13.8. The summed E-state index contributed by atoms with van der Waals surface area (Å²) in [6.45, 7) is 5.27. The minimum atomic E-state index is 0.0239. The van der Waals surface area contributed by atoms with E-state index >= 15 is 0 Å². The minimum absolute atomic E-state index is 0.0239. The molecule has 0 spiro atoms. The van der Waals surface area contributed by atoms with Crippen molar-refractivity contribution in [3.63, 3.8) is 0 Å². The highest BCUT2D eigenvalue weighted by molar-refractivity contribution is 7.71. The molecule has 0 saturated carbocycles. The Morgan fingerprint density at radius 2 is 2.10 bits per heavy atom. The van der Waals surface area contributed by atoms with Crippen LogP contribution in [0.1, 0.15) is 45.6 Å². The Labute approximate surface area is 125 Å².